The lowest BCUT2D eigenvalue weighted by atomic mass is 10.2. The number of amides is 2. The van der Waals surface area contributed by atoms with Gasteiger partial charge in [0.2, 0.25) is 0 Å². The maximum atomic E-state index is 12.7. The van der Waals surface area contributed by atoms with Gasteiger partial charge in [-0.05, 0) is 36.4 Å². The standard InChI is InChI=1S/C21H25N3O3/c1-4-14-24(18-8-6-5-7-9-18)21(26)16-23(2)15-20(25)22-17-10-12-19(27-3)13-11-17/h4-13H,1,14-16H2,2-3H3,(H,22,25)/p+1. The highest BCUT2D eigenvalue weighted by atomic mass is 16.5. The monoisotopic (exact) mass is 368 g/mol. The summed E-state index contributed by atoms with van der Waals surface area (Å²) in [5, 5.41) is 2.83. The van der Waals surface area contributed by atoms with Gasteiger partial charge in [-0.2, -0.15) is 0 Å². The molecule has 142 valence electrons. The van der Waals surface area contributed by atoms with Gasteiger partial charge in [0.15, 0.2) is 13.1 Å². The number of methoxy groups -OCH3 is 1. The van der Waals surface area contributed by atoms with E-state index in [2.05, 4.69) is 11.9 Å². The molecule has 0 bridgehead atoms. The summed E-state index contributed by atoms with van der Waals surface area (Å²) >= 11 is 0. The molecule has 0 aliphatic heterocycles. The lowest BCUT2D eigenvalue weighted by Gasteiger charge is -2.23. The predicted molar refractivity (Wildman–Crippen MR) is 107 cm³/mol. The van der Waals surface area contributed by atoms with Crippen molar-refractivity contribution < 1.29 is 19.2 Å². The number of nitrogens with zero attached hydrogens (tertiary/aromatic N) is 1. The lowest BCUT2D eigenvalue weighted by Crippen LogP contribution is -3.11. The van der Waals surface area contributed by atoms with Crippen LogP contribution in [0, 0.1) is 0 Å². The van der Waals surface area contributed by atoms with Crippen LogP contribution in [0.3, 0.4) is 0 Å². The van der Waals surface area contributed by atoms with Gasteiger partial charge in [0.1, 0.15) is 5.75 Å². The normalized spacial score (nSPS) is 11.3. The fourth-order valence-electron chi connectivity index (χ4n) is 2.66. The lowest BCUT2D eigenvalue weighted by molar-refractivity contribution is -0.862. The summed E-state index contributed by atoms with van der Waals surface area (Å²) in [6.07, 6.45) is 1.69. The molecule has 0 radical (unpaired) electrons. The number of para-hydroxylation sites is 1. The molecule has 0 fully saturated rings. The van der Waals surface area contributed by atoms with E-state index in [9.17, 15) is 9.59 Å². The Hall–Kier alpha value is -3.12. The van der Waals surface area contributed by atoms with Crippen molar-refractivity contribution in [3.05, 3.63) is 67.3 Å². The number of carbonyl (C=O) groups is 2. The van der Waals surface area contributed by atoms with Crippen LogP contribution in [0.25, 0.3) is 0 Å². The molecule has 2 rings (SSSR count). The van der Waals surface area contributed by atoms with E-state index in [1.807, 2.05) is 37.4 Å². The number of anilines is 2. The van der Waals surface area contributed by atoms with Crippen molar-refractivity contribution in [1.29, 1.82) is 0 Å². The van der Waals surface area contributed by atoms with E-state index in [1.54, 1.807) is 42.4 Å². The third-order valence-corrected chi connectivity index (χ3v) is 3.97. The Labute approximate surface area is 160 Å². The number of nitrogens with one attached hydrogen (secondary N) is 2. The summed E-state index contributed by atoms with van der Waals surface area (Å²) in [5.41, 5.74) is 1.51. The maximum Gasteiger partial charge on any atom is 0.282 e. The number of likely N-dealkylation sites (N-methyl/N-ethyl adjacent to an activating group) is 1. The predicted octanol–water partition coefficient (Wildman–Crippen LogP) is 1.37. The molecule has 0 aliphatic rings. The van der Waals surface area contributed by atoms with Crippen molar-refractivity contribution in [2.75, 3.05) is 44.0 Å². The van der Waals surface area contributed by atoms with E-state index >= 15 is 0 Å². The average molecular weight is 368 g/mol. The Balaban J connectivity index is 1.90. The molecule has 1 atom stereocenters. The van der Waals surface area contributed by atoms with Crippen LogP contribution in [-0.2, 0) is 9.59 Å². The van der Waals surface area contributed by atoms with Crippen LogP contribution < -0.4 is 19.9 Å². The number of hydrogen-bond acceptors (Lipinski definition) is 3. The number of quaternary nitrogens is 1. The maximum absolute atomic E-state index is 12.7. The molecule has 0 spiro atoms. The zero-order valence-corrected chi connectivity index (χ0v) is 15.8. The van der Waals surface area contributed by atoms with Crippen LogP contribution in [0.5, 0.6) is 5.75 Å². The van der Waals surface area contributed by atoms with Crippen LogP contribution in [0.4, 0.5) is 11.4 Å². The fraction of sp³-hybridized carbons (Fsp3) is 0.238. The van der Waals surface area contributed by atoms with Gasteiger partial charge in [-0.1, -0.05) is 24.3 Å². The molecule has 0 saturated carbocycles. The zero-order chi connectivity index (χ0) is 19.6. The summed E-state index contributed by atoms with van der Waals surface area (Å²) in [6, 6.07) is 16.6. The third kappa shape index (κ3) is 6.27. The second-order valence-corrected chi connectivity index (χ2v) is 6.22. The molecular formula is C21H26N3O3+. The highest BCUT2D eigenvalue weighted by Gasteiger charge is 2.20. The molecule has 2 N–H and O–H groups in total. The van der Waals surface area contributed by atoms with E-state index in [4.69, 9.17) is 4.74 Å². The summed E-state index contributed by atoms with van der Waals surface area (Å²) in [6.45, 7) is 4.54. The van der Waals surface area contributed by atoms with E-state index in [-0.39, 0.29) is 24.9 Å². The molecular weight excluding hydrogens is 342 g/mol. The first-order chi connectivity index (χ1) is 13.0. The minimum Gasteiger partial charge on any atom is -0.497 e. The van der Waals surface area contributed by atoms with Gasteiger partial charge in [-0.25, -0.2) is 0 Å². The SMILES string of the molecule is C=CCN(C(=O)C[NH+](C)CC(=O)Nc1ccc(OC)cc1)c1ccccc1. The van der Waals surface area contributed by atoms with Gasteiger partial charge >= 0.3 is 0 Å². The van der Waals surface area contributed by atoms with Crippen molar-refractivity contribution in [2.24, 2.45) is 0 Å². The number of benzene rings is 2. The van der Waals surface area contributed by atoms with Gasteiger partial charge in [-0.3, -0.25) is 9.59 Å². The average Bonchev–Trinajstić information content (AvgIpc) is 2.67. The molecule has 6 nitrogen and oxygen atoms in total. The number of ether oxygens (including phenoxy) is 1. The quantitative estimate of drug-likeness (QED) is 0.657. The van der Waals surface area contributed by atoms with Crippen molar-refractivity contribution >= 4 is 23.2 Å². The summed E-state index contributed by atoms with van der Waals surface area (Å²) in [4.78, 5) is 27.4. The first-order valence-electron chi connectivity index (χ1n) is 8.75. The largest absolute Gasteiger partial charge is 0.497 e. The molecule has 0 aromatic heterocycles. The van der Waals surface area contributed by atoms with Crippen LogP contribution in [0.1, 0.15) is 0 Å². The molecule has 2 amide bonds. The van der Waals surface area contributed by atoms with Gasteiger partial charge < -0.3 is 19.9 Å². The topological polar surface area (TPSA) is 63.1 Å². The second-order valence-electron chi connectivity index (χ2n) is 6.22. The van der Waals surface area contributed by atoms with E-state index < -0.39 is 0 Å². The van der Waals surface area contributed by atoms with Gasteiger partial charge in [0, 0.05) is 17.9 Å². The Kier molecular flexibility index (Phi) is 7.58. The fourth-order valence-corrected chi connectivity index (χ4v) is 2.66. The zero-order valence-electron chi connectivity index (χ0n) is 15.8. The van der Waals surface area contributed by atoms with Gasteiger partial charge in [0.05, 0.1) is 14.2 Å². The minimum atomic E-state index is -0.152. The van der Waals surface area contributed by atoms with Crippen LogP contribution >= 0.6 is 0 Å². The van der Waals surface area contributed by atoms with Crippen LogP contribution in [0.2, 0.25) is 0 Å². The van der Waals surface area contributed by atoms with Gasteiger partial charge in [-0.15, -0.1) is 6.58 Å². The van der Waals surface area contributed by atoms with Gasteiger partial charge in [0.25, 0.3) is 11.8 Å². The minimum absolute atomic E-state index is 0.0594. The molecule has 2 aromatic rings. The smallest absolute Gasteiger partial charge is 0.282 e. The third-order valence-electron chi connectivity index (χ3n) is 3.97. The van der Waals surface area contributed by atoms with E-state index in [0.717, 1.165) is 16.3 Å². The van der Waals surface area contributed by atoms with E-state index in [0.29, 0.717) is 12.2 Å². The van der Waals surface area contributed by atoms with Crippen molar-refractivity contribution in [3.8, 4) is 5.75 Å². The molecule has 2 aromatic carbocycles. The summed E-state index contributed by atoms with van der Waals surface area (Å²) in [5.74, 6) is 0.515. The van der Waals surface area contributed by atoms with Crippen LogP contribution in [-0.4, -0.2) is 45.6 Å². The first kappa shape index (κ1) is 20.2. The first-order valence-corrected chi connectivity index (χ1v) is 8.75. The molecule has 6 heteroatoms. The number of carbonyl (C=O) groups excluding carboxylic acids is 2. The van der Waals surface area contributed by atoms with Crippen molar-refractivity contribution in [1.82, 2.24) is 0 Å². The molecule has 0 heterocycles. The van der Waals surface area contributed by atoms with Crippen molar-refractivity contribution in [3.63, 3.8) is 0 Å². The van der Waals surface area contributed by atoms with Crippen LogP contribution in [0.15, 0.2) is 67.3 Å². The number of hydrogen-bond donors (Lipinski definition) is 2. The van der Waals surface area contributed by atoms with Crippen molar-refractivity contribution in [2.45, 2.75) is 0 Å². The highest BCUT2D eigenvalue weighted by molar-refractivity contribution is 5.95. The second kappa shape index (κ2) is 10.1. The number of rotatable bonds is 9. The molecule has 27 heavy (non-hydrogen) atoms. The molecule has 0 aliphatic carbocycles. The Morgan fingerprint density at radius 1 is 1.11 bits per heavy atom. The Bertz CT molecular complexity index is 760. The molecule has 1 unspecified atom stereocenters. The summed E-state index contributed by atoms with van der Waals surface area (Å²) in [7, 11) is 3.41. The Morgan fingerprint density at radius 2 is 1.78 bits per heavy atom. The Morgan fingerprint density at radius 3 is 2.37 bits per heavy atom. The highest BCUT2D eigenvalue weighted by Crippen LogP contribution is 2.15. The van der Waals surface area contributed by atoms with E-state index in [1.165, 1.54) is 0 Å². The summed E-state index contributed by atoms with van der Waals surface area (Å²) < 4.78 is 5.10. The molecule has 0 saturated heterocycles.